The van der Waals surface area contributed by atoms with Gasteiger partial charge in [-0.1, -0.05) is 26.5 Å². The lowest BCUT2D eigenvalue weighted by Gasteiger charge is -2.48. The highest BCUT2D eigenvalue weighted by atomic mass is 16.3. The molecule has 69 heavy (non-hydrogen) atoms. The molecule has 2 saturated heterocycles. The van der Waals surface area contributed by atoms with E-state index in [-0.39, 0.29) is 46.1 Å². The minimum absolute atomic E-state index is 0.0110. The summed E-state index contributed by atoms with van der Waals surface area (Å²) in [6.45, 7) is 20.7. The van der Waals surface area contributed by atoms with Gasteiger partial charge in [0.2, 0.25) is 5.91 Å². The third-order valence-electron chi connectivity index (χ3n) is 15.1. The number of aliphatic hydroxyl groups is 1. The van der Waals surface area contributed by atoms with E-state index >= 15 is 0 Å². The fourth-order valence-electron chi connectivity index (χ4n) is 11.7. The van der Waals surface area contributed by atoms with Gasteiger partial charge in [-0.05, 0) is 118 Å². The van der Waals surface area contributed by atoms with E-state index in [0.29, 0.717) is 64.9 Å². The Morgan fingerprint density at radius 2 is 1.75 bits per heavy atom. The maximum absolute atomic E-state index is 14.1. The van der Waals surface area contributed by atoms with Gasteiger partial charge in [0.25, 0.3) is 17.4 Å². The number of amides is 3. The van der Waals surface area contributed by atoms with Gasteiger partial charge in [0.15, 0.2) is 5.82 Å². The van der Waals surface area contributed by atoms with Crippen molar-refractivity contribution in [2.24, 2.45) is 12.5 Å². The fourth-order valence-corrected chi connectivity index (χ4v) is 11.7. The molecule has 0 radical (unpaired) electrons. The molecule has 16 heteroatoms. The first-order chi connectivity index (χ1) is 32.9. The van der Waals surface area contributed by atoms with Crippen LogP contribution in [0, 0.1) is 5.41 Å². The minimum atomic E-state index is -0.406. The number of hydrogen-bond acceptors (Lipinski definition) is 11. The molecule has 1 unspecified atom stereocenters. The summed E-state index contributed by atoms with van der Waals surface area (Å²) in [6, 6.07) is 16.6. The molecule has 5 aliphatic rings. The summed E-state index contributed by atoms with van der Waals surface area (Å²) < 4.78 is 3.58. The van der Waals surface area contributed by atoms with Gasteiger partial charge in [-0.2, -0.15) is 0 Å². The van der Waals surface area contributed by atoms with Gasteiger partial charge in [0.1, 0.15) is 11.5 Å². The Morgan fingerprint density at radius 1 is 0.942 bits per heavy atom. The molecular weight excluding hydrogens is 871 g/mol. The normalized spacial score (nSPS) is 21.7. The number of anilines is 6. The fraction of sp³-hybridized carbons (Fsp3) is 0.434. The van der Waals surface area contributed by atoms with Crippen LogP contribution in [-0.2, 0) is 43.4 Å². The van der Waals surface area contributed by atoms with Crippen LogP contribution in [0.25, 0.3) is 11.3 Å². The summed E-state index contributed by atoms with van der Waals surface area (Å²) in [6.07, 6.45) is 8.32. The van der Waals surface area contributed by atoms with Crippen molar-refractivity contribution in [1.29, 1.82) is 0 Å². The van der Waals surface area contributed by atoms with Crippen molar-refractivity contribution >= 4 is 52.1 Å². The number of piperidine rings is 1. The average Bonchev–Trinajstić information content (AvgIpc) is 3.90. The number of aryl methyl sites for hydroxylation is 1. The molecule has 1 aliphatic carbocycles. The zero-order valence-electron chi connectivity index (χ0n) is 40.7. The van der Waals surface area contributed by atoms with Gasteiger partial charge in [0.05, 0.1) is 29.2 Å². The van der Waals surface area contributed by atoms with Crippen LogP contribution in [0.1, 0.15) is 97.6 Å². The number of pyridine rings is 1. The lowest BCUT2D eigenvalue weighted by Crippen LogP contribution is -2.58. The average molecular weight is 934 g/mol. The summed E-state index contributed by atoms with van der Waals surface area (Å²) >= 11 is 0. The lowest BCUT2D eigenvalue weighted by molar-refractivity contribution is -0.111. The molecule has 0 saturated carbocycles. The van der Waals surface area contributed by atoms with Crippen LogP contribution in [0.3, 0.4) is 0 Å². The van der Waals surface area contributed by atoms with Crippen LogP contribution in [0.15, 0.2) is 78.4 Å². The Balaban J connectivity index is 0.853. The molecule has 3 amide bonds. The van der Waals surface area contributed by atoms with Crippen molar-refractivity contribution in [3.8, 4) is 11.3 Å². The molecule has 0 spiro atoms. The van der Waals surface area contributed by atoms with Crippen molar-refractivity contribution in [1.82, 2.24) is 29.3 Å². The molecule has 3 atom stereocenters. The second-order valence-corrected chi connectivity index (χ2v) is 21.0. The van der Waals surface area contributed by atoms with Gasteiger partial charge in [0, 0.05) is 111 Å². The van der Waals surface area contributed by atoms with Crippen LogP contribution < -0.4 is 36.2 Å². The number of fused-ring (bicyclic) bond motifs is 4. The van der Waals surface area contributed by atoms with E-state index in [4.69, 9.17) is 4.98 Å². The van der Waals surface area contributed by atoms with Crippen molar-refractivity contribution < 1.29 is 19.5 Å². The van der Waals surface area contributed by atoms with Gasteiger partial charge < -0.3 is 40.0 Å². The molecular formula is C53H63N11O5. The predicted octanol–water partition coefficient (Wildman–Crippen LogP) is 6.34. The van der Waals surface area contributed by atoms with Gasteiger partial charge in [-0.3, -0.25) is 29.0 Å². The Morgan fingerprint density at radius 3 is 2.51 bits per heavy atom. The molecule has 0 bridgehead atoms. The number of hydrogen-bond donors (Lipinski definition) is 4. The summed E-state index contributed by atoms with van der Waals surface area (Å²) in [5.74, 6) is -0.129. The molecule has 4 aliphatic heterocycles. The van der Waals surface area contributed by atoms with Crippen molar-refractivity contribution in [2.45, 2.75) is 104 Å². The maximum atomic E-state index is 14.1. The van der Waals surface area contributed by atoms with Crippen LogP contribution >= 0.6 is 0 Å². The Bertz CT molecular complexity index is 2990. The first-order valence-electron chi connectivity index (χ1n) is 24.2. The number of nitrogens with one attached hydrogen (secondary N) is 3. The molecule has 10 rings (SSSR count). The van der Waals surface area contributed by atoms with Crippen molar-refractivity contribution in [2.75, 3.05) is 58.1 Å². The van der Waals surface area contributed by atoms with Crippen LogP contribution in [0.4, 0.5) is 34.4 Å². The van der Waals surface area contributed by atoms with Gasteiger partial charge >= 0.3 is 0 Å². The number of piperazine rings is 1. The second-order valence-electron chi connectivity index (χ2n) is 21.0. The summed E-state index contributed by atoms with van der Waals surface area (Å²) in [7, 11) is 1.64. The molecule has 2 aromatic carbocycles. The molecule has 7 heterocycles. The largest absolute Gasteiger partial charge is 0.392 e. The minimum Gasteiger partial charge on any atom is -0.392 e. The molecule has 4 N–H and O–H groups in total. The topological polar surface area (TPSA) is 173 Å². The van der Waals surface area contributed by atoms with E-state index in [1.54, 1.807) is 30.4 Å². The van der Waals surface area contributed by atoms with Crippen molar-refractivity contribution in [3.05, 3.63) is 118 Å². The predicted molar refractivity (Wildman–Crippen MR) is 270 cm³/mol. The third-order valence-corrected chi connectivity index (χ3v) is 15.1. The van der Waals surface area contributed by atoms with Crippen LogP contribution in [0.2, 0.25) is 0 Å². The Hall–Kier alpha value is -6.78. The maximum Gasteiger partial charge on any atom is 0.293 e. The number of nitrogens with zero attached hydrogens (tertiary/aromatic N) is 8. The molecule has 16 nitrogen and oxygen atoms in total. The Labute approximate surface area is 403 Å². The Kier molecular flexibility index (Phi) is 11.5. The zero-order valence-corrected chi connectivity index (χ0v) is 40.7. The second kappa shape index (κ2) is 17.3. The van der Waals surface area contributed by atoms with E-state index < -0.39 is 6.61 Å². The van der Waals surface area contributed by atoms with E-state index in [1.807, 2.05) is 38.1 Å². The SMILES string of the molecule is C=CC(=O)Nc1cc(Nc2nc(-c3ccnc(N4CCn5c(cc6c5CC(C)(C)C6)C4=O)c3CO)cn(C)c2=O)ccc1N1CCN(C2CCN(c3ccc4c(c3)C(=O)NC4(C)C)[C@H](C)C2)C[C@@H]1C. The lowest BCUT2D eigenvalue weighted by atomic mass is 9.90. The highest BCUT2D eigenvalue weighted by molar-refractivity contribution is 6.06. The quantitative estimate of drug-likeness (QED) is 0.115. The van der Waals surface area contributed by atoms with E-state index in [2.05, 4.69) is 92.7 Å². The van der Waals surface area contributed by atoms with E-state index in [9.17, 15) is 24.3 Å². The number of carbonyl (C=O) groups excluding carboxylic acids is 3. The van der Waals surface area contributed by atoms with Crippen molar-refractivity contribution in [3.63, 3.8) is 0 Å². The monoisotopic (exact) mass is 934 g/mol. The summed E-state index contributed by atoms with van der Waals surface area (Å²) in [5, 5.41) is 20.2. The number of aromatic nitrogens is 4. The smallest absolute Gasteiger partial charge is 0.293 e. The highest BCUT2D eigenvalue weighted by Crippen LogP contribution is 2.41. The summed E-state index contributed by atoms with van der Waals surface area (Å²) in [4.78, 5) is 71.9. The number of carbonyl (C=O) groups is 3. The molecule has 360 valence electrons. The third kappa shape index (κ3) is 8.26. The molecule has 3 aromatic heterocycles. The van der Waals surface area contributed by atoms with Gasteiger partial charge in [-0.15, -0.1) is 0 Å². The highest BCUT2D eigenvalue weighted by Gasteiger charge is 2.40. The molecule has 5 aromatic rings. The zero-order chi connectivity index (χ0) is 48.7. The van der Waals surface area contributed by atoms with Crippen LogP contribution in [-0.4, -0.2) is 97.7 Å². The first kappa shape index (κ1) is 46.0. The first-order valence-corrected chi connectivity index (χ1v) is 24.2. The van der Waals surface area contributed by atoms with E-state index in [0.717, 1.165) is 74.4 Å². The molecule has 2 fully saturated rings. The summed E-state index contributed by atoms with van der Waals surface area (Å²) in [5.41, 5.74) is 8.75. The van der Waals surface area contributed by atoms with Gasteiger partial charge in [-0.25, -0.2) is 9.97 Å². The van der Waals surface area contributed by atoms with E-state index in [1.165, 1.54) is 21.9 Å². The number of aliphatic hydroxyl groups excluding tert-OH is 1. The number of rotatable bonds is 10. The number of benzene rings is 2. The van der Waals surface area contributed by atoms with Crippen LogP contribution in [0.5, 0.6) is 0 Å². The standard InChI is InChI=1S/C53H63N11O5/c1-9-46(66)56-41-24-34(10-13-43(41)62-19-18-60(28-32(62)3)35-15-17-61(31(2)22-35)36-11-12-40-38(25-36)49(67)58-53(40,6)7)55-47-51(69)59(8)29-42(57-47)37-14-16-54-48(39(37)30-65)64-21-20-63-44(50(64)68)23-33-26-52(4,5)27-45(33)63/h9-14,16,23-25,29,31-32,35,65H,1,15,17-22,26-28,30H2,2-8H3,(H,55,57)(H,56,66)(H,58,67)/t31-,32+,35?/m1/s1.